The van der Waals surface area contributed by atoms with Crippen molar-refractivity contribution in [3.63, 3.8) is 0 Å². The van der Waals surface area contributed by atoms with Crippen LogP contribution >= 0.6 is 15.9 Å². The highest BCUT2D eigenvalue weighted by Crippen LogP contribution is 2.20. The topological polar surface area (TPSA) is 23.5 Å². The first-order valence-corrected chi connectivity index (χ1v) is 7.78. The highest BCUT2D eigenvalue weighted by atomic mass is 79.9. The number of likely N-dealkylation sites (tertiary alicyclic amines) is 1. The van der Waals surface area contributed by atoms with Gasteiger partial charge in [-0.25, -0.2) is 0 Å². The molecule has 1 heterocycles. The zero-order chi connectivity index (χ0) is 13.7. The van der Waals surface area contributed by atoms with Crippen molar-refractivity contribution in [2.45, 2.75) is 32.3 Å². The zero-order valence-electron chi connectivity index (χ0n) is 11.5. The Hall–Kier alpha value is -0.640. The Kier molecular flexibility index (Phi) is 5.61. The molecule has 1 aromatic carbocycles. The van der Waals surface area contributed by atoms with Crippen LogP contribution in [0.3, 0.4) is 0 Å². The predicted molar refractivity (Wildman–Crippen MR) is 84.2 cm³/mol. The number of aliphatic hydroxyl groups excluding tert-OH is 1. The molecule has 0 spiro atoms. The second-order valence-corrected chi connectivity index (χ2v) is 6.10. The number of benzene rings is 1. The molecule has 0 aromatic heterocycles. The van der Waals surface area contributed by atoms with E-state index in [9.17, 15) is 5.11 Å². The van der Waals surface area contributed by atoms with Crippen LogP contribution in [-0.4, -0.2) is 35.7 Å². The summed E-state index contributed by atoms with van der Waals surface area (Å²) in [5, 5.41) is 9.62. The molecule has 0 saturated carbocycles. The molecule has 1 N–H and O–H groups in total. The molecule has 1 aromatic rings. The molecule has 0 amide bonds. The third-order valence-electron chi connectivity index (χ3n) is 3.70. The summed E-state index contributed by atoms with van der Waals surface area (Å²) in [6.07, 6.45) is 7.43. The number of β-amino-alcohol motifs (C(OH)–C–C–N with tert-alkyl or cyclic N) is 1. The van der Waals surface area contributed by atoms with Crippen molar-refractivity contribution < 1.29 is 5.11 Å². The largest absolute Gasteiger partial charge is 0.392 e. The van der Waals surface area contributed by atoms with E-state index < -0.39 is 0 Å². The molecule has 104 valence electrons. The fourth-order valence-electron chi connectivity index (χ4n) is 2.51. The van der Waals surface area contributed by atoms with Gasteiger partial charge < -0.3 is 10.0 Å². The average molecular weight is 324 g/mol. The van der Waals surface area contributed by atoms with Gasteiger partial charge in [-0.15, -0.1) is 0 Å². The third-order valence-corrected chi connectivity index (χ3v) is 4.56. The number of rotatable bonds is 4. The predicted octanol–water partition coefficient (Wildman–Crippen LogP) is 3.62. The fourth-order valence-corrected chi connectivity index (χ4v) is 2.89. The lowest BCUT2D eigenvalue weighted by atomic mass is 10.1. The molecule has 0 bridgehead atoms. The lowest BCUT2D eigenvalue weighted by molar-refractivity contribution is 0.0717. The van der Waals surface area contributed by atoms with Crippen LogP contribution in [0.25, 0.3) is 6.08 Å². The lowest BCUT2D eigenvalue weighted by Crippen LogP contribution is -2.38. The first kappa shape index (κ1) is 14.8. The van der Waals surface area contributed by atoms with Crippen molar-refractivity contribution in [3.05, 3.63) is 39.9 Å². The summed E-state index contributed by atoms with van der Waals surface area (Å²) < 4.78 is 1.16. The van der Waals surface area contributed by atoms with Gasteiger partial charge in [0.2, 0.25) is 0 Å². The minimum atomic E-state index is -0.120. The van der Waals surface area contributed by atoms with Gasteiger partial charge in [-0.3, -0.25) is 0 Å². The van der Waals surface area contributed by atoms with Gasteiger partial charge in [0.1, 0.15) is 0 Å². The summed E-state index contributed by atoms with van der Waals surface area (Å²) in [6.45, 7) is 5.13. The minimum absolute atomic E-state index is 0.120. The quantitative estimate of drug-likeness (QED) is 0.914. The van der Waals surface area contributed by atoms with E-state index in [2.05, 4.69) is 58.1 Å². The SMILES string of the molecule is Cc1c(Br)cccc1/C=C/CCN1CCC[C@@H](O)C1. The van der Waals surface area contributed by atoms with Crippen LogP contribution in [0.2, 0.25) is 0 Å². The maximum absolute atomic E-state index is 9.62. The number of halogens is 1. The van der Waals surface area contributed by atoms with E-state index in [4.69, 9.17) is 0 Å². The van der Waals surface area contributed by atoms with E-state index >= 15 is 0 Å². The molecule has 1 aliphatic heterocycles. The van der Waals surface area contributed by atoms with Crippen molar-refractivity contribution in [1.82, 2.24) is 4.90 Å². The zero-order valence-corrected chi connectivity index (χ0v) is 13.1. The fraction of sp³-hybridized carbons (Fsp3) is 0.500. The highest BCUT2D eigenvalue weighted by Gasteiger charge is 2.16. The Bertz CT molecular complexity index is 444. The van der Waals surface area contributed by atoms with Gasteiger partial charge in [0.25, 0.3) is 0 Å². The number of hydrogen-bond donors (Lipinski definition) is 1. The monoisotopic (exact) mass is 323 g/mol. The first-order chi connectivity index (χ1) is 9.16. The normalized spacial score (nSPS) is 21.1. The Morgan fingerprint density at radius 1 is 1.47 bits per heavy atom. The van der Waals surface area contributed by atoms with E-state index in [1.807, 2.05) is 0 Å². The molecule has 2 nitrogen and oxygen atoms in total. The number of piperidine rings is 1. The van der Waals surface area contributed by atoms with E-state index in [1.54, 1.807) is 0 Å². The second kappa shape index (κ2) is 7.22. The molecule has 1 fully saturated rings. The summed E-state index contributed by atoms with van der Waals surface area (Å²) >= 11 is 3.55. The Morgan fingerprint density at radius 3 is 3.11 bits per heavy atom. The van der Waals surface area contributed by atoms with Gasteiger partial charge in [0.15, 0.2) is 0 Å². The van der Waals surface area contributed by atoms with Crippen LogP contribution in [0.4, 0.5) is 0 Å². The Morgan fingerprint density at radius 2 is 2.32 bits per heavy atom. The standard InChI is InChI=1S/C16H22BrNO/c1-13-14(7-4-9-16(13)17)6-2-3-10-18-11-5-8-15(19)12-18/h2,4,6-7,9,15,19H,3,5,8,10-12H2,1H3/b6-2+/t15-/m1/s1. The van der Waals surface area contributed by atoms with Crippen LogP contribution < -0.4 is 0 Å². The van der Waals surface area contributed by atoms with Gasteiger partial charge in [-0.1, -0.05) is 40.2 Å². The van der Waals surface area contributed by atoms with E-state index in [1.165, 1.54) is 11.1 Å². The first-order valence-electron chi connectivity index (χ1n) is 6.99. The van der Waals surface area contributed by atoms with Gasteiger partial charge >= 0.3 is 0 Å². The Labute approximate surface area is 124 Å². The maximum Gasteiger partial charge on any atom is 0.0667 e. The molecule has 0 aliphatic carbocycles. The van der Waals surface area contributed by atoms with Crippen molar-refractivity contribution in [2.24, 2.45) is 0 Å². The molecule has 3 heteroatoms. The molecule has 0 radical (unpaired) electrons. The molecule has 1 atom stereocenters. The van der Waals surface area contributed by atoms with Crippen LogP contribution in [0.5, 0.6) is 0 Å². The summed E-state index contributed by atoms with van der Waals surface area (Å²) in [7, 11) is 0. The second-order valence-electron chi connectivity index (χ2n) is 5.24. The van der Waals surface area contributed by atoms with Crippen molar-refractivity contribution in [2.75, 3.05) is 19.6 Å². The van der Waals surface area contributed by atoms with Crippen molar-refractivity contribution >= 4 is 22.0 Å². The van der Waals surface area contributed by atoms with E-state index in [0.717, 1.165) is 43.4 Å². The van der Waals surface area contributed by atoms with Crippen LogP contribution in [0.1, 0.15) is 30.4 Å². The highest BCUT2D eigenvalue weighted by molar-refractivity contribution is 9.10. The van der Waals surface area contributed by atoms with Gasteiger partial charge in [-0.2, -0.15) is 0 Å². The van der Waals surface area contributed by atoms with Crippen LogP contribution in [-0.2, 0) is 0 Å². The summed E-state index contributed by atoms with van der Waals surface area (Å²) in [5.74, 6) is 0. The molecule has 1 aliphatic rings. The Balaban J connectivity index is 1.81. The van der Waals surface area contributed by atoms with Crippen molar-refractivity contribution in [1.29, 1.82) is 0 Å². The molecule has 1 saturated heterocycles. The van der Waals surface area contributed by atoms with Crippen molar-refractivity contribution in [3.8, 4) is 0 Å². The van der Waals surface area contributed by atoms with Gasteiger partial charge in [0.05, 0.1) is 6.10 Å². The van der Waals surface area contributed by atoms with E-state index in [0.29, 0.717) is 0 Å². The molecular weight excluding hydrogens is 302 g/mol. The molecule has 2 rings (SSSR count). The summed E-state index contributed by atoms with van der Waals surface area (Å²) in [5.41, 5.74) is 2.56. The number of nitrogens with zero attached hydrogens (tertiary/aromatic N) is 1. The molecule has 19 heavy (non-hydrogen) atoms. The number of hydrogen-bond acceptors (Lipinski definition) is 2. The summed E-state index contributed by atoms with van der Waals surface area (Å²) in [4.78, 5) is 2.35. The molecule has 0 unspecified atom stereocenters. The van der Waals surface area contributed by atoms with Gasteiger partial charge in [-0.05, 0) is 49.9 Å². The minimum Gasteiger partial charge on any atom is -0.392 e. The van der Waals surface area contributed by atoms with Crippen LogP contribution in [0.15, 0.2) is 28.7 Å². The maximum atomic E-state index is 9.62. The third kappa shape index (κ3) is 4.44. The van der Waals surface area contributed by atoms with Gasteiger partial charge in [0, 0.05) is 17.6 Å². The molecular formula is C16H22BrNO. The van der Waals surface area contributed by atoms with E-state index in [-0.39, 0.29) is 6.10 Å². The smallest absolute Gasteiger partial charge is 0.0667 e. The summed E-state index contributed by atoms with van der Waals surface area (Å²) in [6, 6.07) is 6.28. The van der Waals surface area contributed by atoms with Crippen LogP contribution in [0, 0.1) is 6.92 Å². The number of aliphatic hydroxyl groups is 1. The lowest BCUT2D eigenvalue weighted by Gasteiger charge is -2.29. The average Bonchev–Trinajstić information content (AvgIpc) is 2.39.